The van der Waals surface area contributed by atoms with Gasteiger partial charge < -0.3 is 15.4 Å². The average Bonchev–Trinajstić information content (AvgIpc) is 2.90. The van der Waals surface area contributed by atoms with Crippen LogP contribution in [0.3, 0.4) is 0 Å². The average molecular weight is 487 g/mol. The minimum absolute atomic E-state index is 0.0476. The number of carbonyl (C=O) groups excluding carboxylic acids is 2. The molecule has 0 radical (unpaired) electrons. The number of ether oxygens (including phenoxy) is 1. The van der Waals surface area contributed by atoms with E-state index < -0.39 is 0 Å². The Labute approximate surface area is 213 Å². The van der Waals surface area contributed by atoms with Gasteiger partial charge in [0.2, 0.25) is 5.91 Å². The third-order valence-electron chi connectivity index (χ3n) is 6.76. The van der Waals surface area contributed by atoms with Gasteiger partial charge in [0.15, 0.2) is 0 Å². The predicted octanol–water partition coefficient (Wildman–Crippen LogP) is 4.40. The van der Waals surface area contributed by atoms with Crippen molar-refractivity contribution in [2.24, 2.45) is 0 Å². The lowest BCUT2D eigenvalue weighted by molar-refractivity contribution is -0.121. The molecule has 1 unspecified atom stereocenters. The van der Waals surface area contributed by atoms with E-state index in [4.69, 9.17) is 4.74 Å². The second-order valence-corrected chi connectivity index (χ2v) is 9.14. The molecule has 188 valence electrons. The summed E-state index contributed by atoms with van der Waals surface area (Å²) in [5.74, 6) is 0.308. The van der Waals surface area contributed by atoms with Crippen LogP contribution in [0.5, 0.6) is 5.75 Å². The van der Waals surface area contributed by atoms with Crippen LogP contribution in [-0.4, -0.2) is 60.9 Å². The van der Waals surface area contributed by atoms with E-state index in [1.165, 1.54) is 11.1 Å². The fourth-order valence-corrected chi connectivity index (χ4v) is 4.40. The number of hydrogen-bond donors (Lipinski definition) is 2. The summed E-state index contributed by atoms with van der Waals surface area (Å²) in [4.78, 5) is 30.2. The van der Waals surface area contributed by atoms with Crippen molar-refractivity contribution in [1.82, 2.24) is 9.80 Å². The summed E-state index contributed by atoms with van der Waals surface area (Å²) in [6, 6.07) is 22.4. The number of piperazine rings is 1. The lowest BCUT2D eigenvalue weighted by Gasteiger charge is -2.37. The minimum Gasteiger partial charge on any atom is -0.495 e. The second-order valence-electron chi connectivity index (χ2n) is 9.14. The van der Waals surface area contributed by atoms with Gasteiger partial charge >= 0.3 is 0 Å². The molecule has 7 nitrogen and oxygen atoms in total. The van der Waals surface area contributed by atoms with E-state index in [1.807, 2.05) is 19.1 Å². The summed E-state index contributed by atoms with van der Waals surface area (Å²) in [6.07, 6.45) is 0. The van der Waals surface area contributed by atoms with Gasteiger partial charge in [-0.2, -0.15) is 0 Å². The molecule has 3 aromatic rings. The third-order valence-corrected chi connectivity index (χ3v) is 6.76. The Morgan fingerprint density at radius 2 is 1.56 bits per heavy atom. The van der Waals surface area contributed by atoms with Crippen molar-refractivity contribution >= 4 is 23.2 Å². The third kappa shape index (κ3) is 6.30. The molecule has 1 atom stereocenters. The van der Waals surface area contributed by atoms with Crippen LogP contribution in [0.25, 0.3) is 0 Å². The number of aryl methyl sites for hydroxylation is 1. The Hall–Kier alpha value is -3.68. The molecule has 4 rings (SSSR count). The number of nitrogens with one attached hydrogen (secondary N) is 2. The molecule has 1 aliphatic heterocycles. The molecule has 0 saturated carbocycles. The zero-order valence-corrected chi connectivity index (χ0v) is 21.2. The summed E-state index contributed by atoms with van der Waals surface area (Å²) >= 11 is 0. The van der Waals surface area contributed by atoms with E-state index in [0.717, 1.165) is 32.7 Å². The molecule has 1 heterocycles. The van der Waals surface area contributed by atoms with Crippen LogP contribution < -0.4 is 15.4 Å². The van der Waals surface area contributed by atoms with Crippen molar-refractivity contribution in [3.63, 3.8) is 0 Å². The lowest BCUT2D eigenvalue weighted by Crippen LogP contribution is -2.52. The molecule has 36 heavy (non-hydrogen) atoms. The van der Waals surface area contributed by atoms with Crippen molar-refractivity contribution in [3.05, 3.63) is 89.5 Å². The number of para-hydroxylation sites is 2. The summed E-state index contributed by atoms with van der Waals surface area (Å²) in [5.41, 5.74) is 4.44. The van der Waals surface area contributed by atoms with Gasteiger partial charge in [-0.3, -0.25) is 19.4 Å². The molecular weight excluding hydrogens is 452 g/mol. The zero-order valence-electron chi connectivity index (χ0n) is 21.2. The summed E-state index contributed by atoms with van der Waals surface area (Å²) in [6.45, 7) is 8.60. The van der Waals surface area contributed by atoms with Crippen LogP contribution in [0.2, 0.25) is 0 Å². The lowest BCUT2D eigenvalue weighted by atomic mass is 10.1. The fraction of sp³-hybridized carbons (Fsp3) is 0.310. The first-order valence-corrected chi connectivity index (χ1v) is 12.3. The standard InChI is InChI=1S/C29H34N4O3/c1-21-8-4-5-9-24(21)20-32-16-18-33(19-17-32)22(2)28(34)30-25-14-12-23(13-15-25)29(35)31-26-10-6-7-11-27(26)36-3/h4-15,22H,16-20H2,1-3H3,(H,30,34)(H,31,35). The number of benzene rings is 3. The topological polar surface area (TPSA) is 73.9 Å². The normalized spacial score (nSPS) is 15.2. The van der Waals surface area contributed by atoms with Gasteiger partial charge in [0.1, 0.15) is 5.75 Å². The van der Waals surface area contributed by atoms with Gasteiger partial charge in [0.25, 0.3) is 5.91 Å². The molecule has 0 aliphatic carbocycles. The van der Waals surface area contributed by atoms with Gasteiger partial charge in [-0.25, -0.2) is 0 Å². The van der Waals surface area contributed by atoms with Crippen LogP contribution in [-0.2, 0) is 11.3 Å². The smallest absolute Gasteiger partial charge is 0.255 e. The number of rotatable bonds is 8. The Kier molecular flexibility index (Phi) is 8.36. The van der Waals surface area contributed by atoms with Crippen LogP contribution >= 0.6 is 0 Å². The number of nitrogens with zero attached hydrogens (tertiary/aromatic N) is 2. The molecule has 1 saturated heterocycles. The first kappa shape index (κ1) is 25.4. The zero-order chi connectivity index (χ0) is 25.5. The van der Waals surface area contributed by atoms with E-state index in [-0.39, 0.29) is 17.9 Å². The largest absolute Gasteiger partial charge is 0.495 e. The highest BCUT2D eigenvalue weighted by atomic mass is 16.5. The van der Waals surface area contributed by atoms with Crippen LogP contribution in [0.1, 0.15) is 28.4 Å². The molecule has 7 heteroatoms. The number of methoxy groups -OCH3 is 1. The van der Waals surface area contributed by atoms with E-state index in [9.17, 15) is 9.59 Å². The first-order valence-electron chi connectivity index (χ1n) is 12.3. The van der Waals surface area contributed by atoms with Gasteiger partial charge in [-0.15, -0.1) is 0 Å². The quantitative estimate of drug-likeness (QED) is 0.494. The Morgan fingerprint density at radius 3 is 2.25 bits per heavy atom. The predicted molar refractivity (Wildman–Crippen MR) is 144 cm³/mol. The monoisotopic (exact) mass is 486 g/mol. The number of amides is 2. The van der Waals surface area contributed by atoms with Crippen molar-refractivity contribution in [1.29, 1.82) is 0 Å². The maximum absolute atomic E-state index is 12.9. The van der Waals surface area contributed by atoms with Crippen LogP contribution in [0, 0.1) is 6.92 Å². The molecule has 3 aromatic carbocycles. The number of anilines is 2. The van der Waals surface area contributed by atoms with Gasteiger partial charge in [-0.1, -0.05) is 36.4 Å². The molecule has 1 fully saturated rings. The van der Waals surface area contributed by atoms with Gasteiger partial charge in [0.05, 0.1) is 18.8 Å². The maximum atomic E-state index is 12.9. The van der Waals surface area contributed by atoms with E-state index in [1.54, 1.807) is 43.5 Å². The Morgan fingerprint density at radius 1 is 0.889 bits per heavy atom. The number of carbonyl (C=O) groups is 2. The SMILES string of the molecule is COc1ccccc1NC(=O)c1ccc(NC(=O)C(C)N2CCN(Cc3ccccc3C)CC2)cc1. The molecular formula is C29H34N4O3. The molecule has 2 N–H and O–H groups in total. The Balaban J connectivity index is 1.27. The van der Waals surface area contributed by atoms with Crippen molar-refractivity contribution in [2.75, 3.05) is 43.9 Å². The summed E-state index contributed by atoms with van der Waals surface area (Å²) in [5, 5.41) is 5.84. The molecule has 0 spiro atoms. The van der Waals surface area contributed by atoms with E-state index >= 15 is 0 Å². The van der Waals surface area contributed by atoms with E-state index in [2.05, 4.69) is 51.6 Å². The van der Waals surface area contributed by atoms with Crippen LogP contribution in [0.15, 0.2) is 72.8 Å². The van der Waals surface area contributed by atoms with Crippen molar-refractivity contribution < 1.29 is 14.3 Å². The summed E-state index contributed by atoms with van der Waals surface area (Å²) < 4.78 is 5.29. The van der Waals surface area contributed by atoms with Gasteiger partial charge in [-0.05, 0) is 61.4 Å². The molecule has 1 aliphatic rings. The Bertz CT molecular complexity index is 1190. The highest BCUT2D eigenvalue weighted by Gasteiger charge is 2.26. The van der Waals surface area contributed by atoms with E-state index in [0.29, 0.717) is 22.7 Å². The molecule has 2 amide bonds. The minimum atomic E-state index is -0.241. The number of hydrogen-bond acceptors (Lipinski definition) is 5. The highest BCUT2D eigenvalue weighted by molar-refractivity contribution is 6.05. The first-order chi connectivity index (χ1) is 17.4. The van der Waals surface area contributed by atoms with Crippen molar-refractivity contribution in [2.45, 2.75) is 26.4 Å². The maximum Gasteiger partial charge on any atom is 0.255 e. The molecule has 0 bridgehead atoms. The molecule has 0 aromatic heterocycles. The van der Waals surface area contributed by atoms with Crippen LogP contribution in [0.4, 0.5) is 11.4 Å². The highest BCUT2D eigenvalue weighted by Crippen LogP contribution is 2.24. The fourth-order valence-electron chi connectivity index (χ4n) is 4.40. The van der Waals surface area contributed by atoms with Gasteiger partial charge in [0, 0.05) is 44.0 Å². The van der Waals surface area contributed by atoms with Crippen molar-refractivity contribution in [3.8, 4) is 5.75 Å². The summed E-state index contributed by atoms with van der Waals surface area (Å²) in [7, 11) is 1.56. The second kappa shape index (κ2) is 11.8.